The maximum atomic E-state index is 12.3. The van der Waals surface area contributed by atoms with Crippen molar-refractivity contribution in [1.29, 1.82) is 5.26 Å². The summed E-state index contributed by atoms with van der Waals surface area (Å²) in [6, 6.07) is 8.48. The highest BCUT2D eigenvalue weighted by molar-refractivity contribution is 6.09. The van der Waals surface area contributed by atoms with Gasteiger partial charge in [-0.05, 0) is 31.9 Å². The van der Waals surface area contributed by atoms with Crippen molar-refractivity contribution < 1.29 is 14.3 Å². The molecule has 0 aromatic heterocycles. The number of amides is 1. The first-order valence-electron chi connectivity index (χ1n) is 7.59. The highest BCUT2D eigenvalue weighted by atomic mass is 16.5. The lowest BCUT2D eigenvalue weighted by molar-refractivity contribution is -0.112. The minimum Gasteiger partial charge on any atom is -0.462 e. The zero-order valence-electron chi connectivity index (χ0n) is 13.0. The monoisotopic (exact) mass is 313 g/mol. The Hall–Kier alpha value is -2.81. The van der Waals surface area contributed by atoms with E-state index >= 15 is 0 Å². The van der Waals surface area contributed by atoms with Crippen LogP contribution in [-0.2, 0) is 9.53 Å². The third-order valence-corrected chi connectivity index (χ3v) is 3.49. The average molecular weight is 313 g/mol. The molecule has 23 heavy (non-hydrogen) atoms. The molecule has 6 heteroatoms. The van der Waals surface area contributed by atoms with Crippen molar-refractivity contribution in [3.05, 3.63) is 41.6 Å². The minimum atomic E-state index is -0.531. The first-order valence-corrected chi connectivity index (χ1v) is 7.59. The lowest BCUT2D eigenvalue weighted by atomic mass is 10.1. The number of carbonyl (C=O) groups excluding carboxylic acids is 2. The number of benzene rings is 1. The number of para-hydroxylation sites is 1. The molecular weight excluding hydrogens is 294 g/mol. The molecule has 0 aliphatic carbocycles. The summed E-state index contributed by atoms with van der Waals surface area (Å²) in [5, 5.41) is 11.8. The van der Waals surface area contributed by atoms with Crippen LogP contribution in [0, 0.1) is 11.3 Å². The molecule has 1 saturated heterocycles. The van der Waals surface area contributed by atoms with Crippen LogP contribution in [0.3, 0.4) is 0 Å². The van der Waals surface area contributed by atoms with Crippen LogP contribution in [0.5, 0.6) is 0 Å². The molecule has 2 rings (SSSR count). The van der Waals surface area contributed by atoms with Crippen molar-refractivity contribution in [1.82, 2.24) is 4.90 Å². The SMILES string of the molecule is CCOC(=O)c1ccccc1NC(=O)/C(C#N)=C\N1CCCC1. The average Bonchev–Trinajstić information content (AvgIpc) is 3.06. The molecule has 0 unspecified atom stereocenters. The van der Waals surface area contributed by atoms with Gasteiger partial charge in [0.25, 0.3) is 5.91 Å². The predicted molar refractivity (Wildman–Crippen MR) is 85.5 cm³/mol. The van der Waals surface area contributed by atoms with Crippen LogP contribution in [-0.4, -0.2) is 36.5 Å². The molecule has 1 aliphatic rings. The molecule has 0 bridgehead atoms. The molecule has 1 aromatic rings. The molecule has 120 valence electrons. The highest BCUT2D eigenvalue weighted by Gasteiger charge is 2.17. The Morgan fingerprint density at radius 2 is 2.04 bits per heavy atom. The largest absolute Gasteiger partial charge is 0.462 e. The Bertz CT molecular complexity index is 655. The summed E-state index contributed by atoms with van der Waals surface area (Å²) in [6.07, 6.45) is 3.69. The van der Waals surface area contributed by atoms with Crippen molar-refractivity contribution >= 4 is 17.6 Å². The molecule has 1 fully saturated rings. The quantitative estimate of drug-likeness (QED) is 0.512. The number of nitrogens with zero attached hydrogens (tertiary/aromatic N) is 2. The topological polar surface area (TPSA) is 82.4 Å². The lowest BCUT2D eigenvalue weighted by Gasteiger charge is -2.13. The van der Waals surface area contributed by atoms with Gasteiger partial charge in [-0.2, -0.15) is 5.26 Å². The van der Waals surface area contributed by atoms with E-state index in [-0.39, 0.29) is 17.7 Å². The number of nitriles is 1. The fourth-order valence-electron chi connectivity index (χ4n) is 2.36. The van der Waals surface area contributed by atoms with E-state index in [4.69, 9.17) is 4.74 Å². The lowest BCUT2D eigenvalue weighted by Crippen LogP contribution is -2.20. The van der Waals surface area contributed by atoms with Gasteiger partial charge in [-0.1, -0.05) is 12.1 Å². The summed E-state index contributed by atoms with van der Waals surface area (Å²) in [5.74, 6) is -1.04. The van der Waals surface area contributed by atoms with Crippen molar-refractivity contribution in [3.8, 4) is 6.07 Å². The third kappa shape index (κ3) is 4.33. The van der Waals surface area contributed by atoms with Gasteiger partial charge in [-0.3, -0.25) is 4.79 Å². The van der Waals surface area contributed by atoms with Gasteiger partial charge < -0.3 is 15.0 Å². The van der Waals surface area contributed by atoms with Crippen LogP contribution in [0.1, 0.15) is 30.1 Å². The predicted octanol–water partition coefficient (Wildman–Crippen LogP) is 2.31. The Morgan fingerprint density at radius 3 is 2.70 bits per heavy atom. The summed E-state index contributed by atoms with van der Waals surface area (Å²) in [5.41, 5.74) is 0.616. The van der Waals surface area contributed by atoms with Crippen molar-refractivity contribution in [2.45, 2.75) is 19.8 Å². The Labute approximate surface area is 135 Å². The van der Waals surface area contributed by atoms with E-state index in [0.29, 0.717) is 5.69 Å². The zero-order chi connectivity index (χ0) is 16.7. The minimum absolute atomic E-state index is 0.0190. The number of carbonyl (C=O) groups is 2. The molecule has 0 spiro atoms. The second kappa shape index (κ2) is 7.99. The van der Waals surface area contributed by atoms with Gasteiger partial charge in [0.1, 0.15) is 11.6 Å². The van der Waals surface area contributed by atoms with Crippen LogP contribution in [0.4, 0.5) is 5.69 Å². The van der Waals surface area contributed by atoms with Gasteiger partial charge in [-0.25, -0.2) is 4.79 Å². The van der Waals surface area contributed by atoms with E-state index in [0.717, 1.165) is 25.9 Å². The summed E-state index contributed by atoms with van der Waals surface area (Å²) < 4.78 is 4.97. The van der Waals surface area contributed by atoms with Crippen LogP contribution in [0.25, 0.3) is 0 Å². The number of hydrogen-bond donors (Lipinski definition) is 1. The molecular formula is C17H19N3O3. The van der Waals surface area contributed by atoms with Crippen LogP contribution >= 0.6 is 0 Å². The van der Waals surface area contributed by atoms with Gasteiger partial charge in [-0.15, -0.1) is 0 Å². The van der Waals surface area contributed by atoms with Crippen molar-refractivity contribution in [3.63, 3.8) is 0 Å². The summed E-state index contributed by atoms with van der Waals surface area (Å²) in [7, 11) is 0. The van der Waals surface area contributed by atoms with Crippen LogP contribution < -0.4 is 5.32 Å². The molecule has 1 amide bonds. The standard InChI is InChI=1S/C17H19N3O3/c1-2-23-17(22)14-7-3-4-8-15(14)19-16(21)13(11-18)12-20-9-5-6-10-20/h3-4,7-8,12H,2,5-6,9-10H2,1H3,(H,19,21)/b13-12-. The molecule has 6 nitrogen and oxygen atoms in total. The number of hydrogen-bond acceptors (Lipinski definition) is 5. The first-order chi connectivity index (χ1) is 11.2. The van der Waals surface area contributed by atoms with E-state index in [1.165, 1.54) is 0 Å². The van der Waals surface area contributed by atoms with Gasteiger partial charge in [0, 0.05) is 19.3 Å². The number of rotatable bonds is 5. The summed E-state index contributed by atoms with van der Waals surface area (Å²) in [6.45, 7) is 3.65. The van der Waals surface area contributed by atoms with Crippen LogP contribution in [0.15, 0.2) is 36.0 Å². The maximum absolute atomic E-state index is 12.3. The van der Waals surface area contributed by atoms with E-state index in [9.17, 15) is 14.9 Å². The molecule has 0 saturated carbocycles. The molecule has 1 aromatic carbocycles. The normalized spacial score (nSPS) is 14.3. The molecule has 1 aliphatic heterocycles. The first kappa shape index (κ1) is 16.6. The van der Waals surface area contributed by atoms with Crippen molar-refractivity contribution in [2.24, 2.45) is 0 Å². The van der Waals surface area contributed by atoms with Gasteiger partial charge in [0.15, 0.2) is 0 Å². The number of esters is 1. The Morgan fingerprint density at radius 1 is 1.35 bits per heavy atom. The number of ether oxygens (including phenoxy) is 1. The molecule has 1 heterocycles. The number of nitrogens with one attached hydrogen (secondary N) is 1. The Balaban J connectivity index is 2.16. The zero-order valence-corrected chi connectivity index (χ0v) is 13.0. The molecule has 0 atom stereocenters. The summed E-state index contributed by atoms with van der Waals surface area (Å²) in [4.78, 5) is 26.1. The van der Waals surface area contributed by atoms with Gasteiger partial charge >= 0.3 is 5.97 Å². The Kier molecular flexibility index (Phi) is 5.75. The van der Waals surface area contributed by atoms with E-state index in [2.05, 4.69) is 5.32 Å². The number of anilines is 1. The fourth-order valence-corrected chi connectivity index (χ4v) is 2.36. The van der Waals surface area contributed by atoms with E-state index in [1.807, 2.05) is 11.0 Å². The van der Waals surface area contributed by atoms with Gasteiger partial charge in [0.05, 0.1) is 17.9 Å². The summed E-state index contributed by atoms with van der Waals surface area (Å²) >= 11 is 0. The van der Waals surface area contributed by atoms with Gasteiger partial charge in [0.2, 0.25) is 0 Å². The third-order valence-electron chi connectivity index (χ3n) is 3.49. The fraction of sp³-hybridized carbons (Fsp3) is 0.353. The van der Waals surface area contributed by atoms with Crippen molar-refractivity contribution in [2.75, 3.05) is 25.0 Å². The second-order valence-electron chi connectivity index (χ2n) is 5.12. The van der Waals surface area contributed by atoms with E-state index in [1.54, 1.807) is 37.4 Å². The molecule has 1 N–H and O–H groups in total. The smallest absolute Gasteiger partial charge is 0.340 e. The molecule has 0 radical (unpaired) electrons. The van der Waals surface area contributed by atoms with E-state index < -0.39 is 11.9 Å². The second-order valence-corrected chi connectivity index (χ2v) is 5.12. The van der Waals surface area contributed by atoms with Crippen LogP contribution in [0.2, 0.25) is 0 Å². The highest BCUT2D eigenvalue weighted by Crippen LogP contribution is 2.18. The number of likely N-dealkylation sites (tertiary alicyclic amines) is 1. The maximum Gasteiger partial charge on any atom is 0.340 e.